The first kappa shape index (κ1) is 35.4. The van der Waals surface area contributed by atoms with Crippen LogP contribution < -0.4 is 10.6 Å². The summed E-state index contributed by atoms with van der Waals surface area (Å²) in [6, 6.07) is 6.13. The summed E-state index contributed by atoms with van der Waals surface area (Å²) in [6.45, 7) is 10.8. The van der Waals surface area contributed by atoms with Crippen LogP contribution in [-0.4, -0.2) is 44.5 Å². The van der Waals surface area contributed by atoms with Gasteiger partial charge in [-0.25, -0.2) is 9.59 Å². The van der Waals surface area contributed by atoms with E-state index in [1.807, 2.05) is 39.8 Å². The van der Waals surface area contributed by atoms with Crippen LogP contribution in [-0.2, 0) is 14.9 Å². The molecule has 1 unspecified atom stereocenters. The number of H-pyrrole nitrogens is 1. The average molecular weight is 629 g/mol. The molecule has 3 N–H and O–H groups in total. The minimum absolute atomic E-state index is 0.211. The second-order valence-corrected chi connectivity index (χ2v) is 13.2. The molecule has 9 nitrogen and oxygen atoms in total. The van der Waals surface area contributed by atoms with Crippen LogP contribution in [0.4, 0.5) is 10.5 Å². The van der Waals surface area contributed by atoms with Crippen LogP contribution in [0, 0.1) is 0 Å². The van der Waals surface area contributed by atoms with E-state index >= 15 is 0 Å². The Kier molecular flexibility index (Phi) is 14.5. The first-order valence-electron chi connectivity index (χ1n) is 16.6. The number of hydrogen-bond acceptors (Lipinski definition) is 5. The molecule has 244 valence electrons. The van der Waals surface area contributed by atoms with Crippen molar-refractivity contribution >= 4 is 34.9 Å². The number of anilines is 1. The minimum Gasteiger partial charge on any atom is -0.464 e. The van der Waals surface area contributed by atoms with Crippen molar-refractivity contribution in [3.05, 3.63) is 35.0 Å². The highest BCUT2D eigenvalue weighted by Crippen LogP contribution is 2.32. The molecule has 3 aromatic rings. The number of carbonyl (C=O) groups is 2. The molecule has 0 saturated carbocycles. The number of rotatable bonds is 19. The molecule has 3 rings (SSSR count). The van der Waals surface area contributed by atoms with E-state index in [0.29, 0.717) is 35.2 Å². The predicted octanol–water partition coefficient (Wildman–Crippen LogP) is 9.21. The zero-order valence-electron chi connectivity index (χ0n) is 27.4. The zero-order valence-corrected chi connectivity index (χ0v) is 28.2. The van der Waals surface area contributed by atoms with E-state index in [4.69, 9.17) is 16.3 Å². The van der Waals surface area contributed by atoms with Crippen LogP contribution in [0.15, 0.2) is 24.3 Å². The first-order chi connectivity index (χ1) is 21.1. The fourth-order valence-electron chi connectivity index (χ4n) is 5.23. The number of esters is 1. The molecule has 0 radical (unpaired) electrons. The molecule has 0 spiro atoms. The number of fused-ring (bicyclic) bond motifs is 1. The molecule has 0 aliphatic rings. The van der Waals surface area contributed by atoms with Gasteiger partial charge in [0.25, 0.3) is 0 Å². The van der Waals surface area contributed by atoms with E-state index in [-0.39, 0.29) is 11.4 Å². The lowest BCUT2D eigenvalue weighted by atomic mass is 9.92. The van der Waals surface area contributed by atoms with Gasteiger partial charge in [0, 0.05) is 16.7 Å². The summed E-state index contributed by atoms with van der Waals surface area (Å²) >= 11 is 6.58. The van der Waals surface area contributed by atoms with Crippen molar-refractivity contribution < 1.29 is 14.3 Å². The standard InChI is InChI=1S/C34H53ClN6O3/c1-6-8-9-10-11-12-13-14-15-16-17-18-23-44-32(42)27(20-7-2)37-33(43)36-26-22-19-21-25(24-26)30-38-31-28(35)29(34(3,4)5)39-41(31)40-30/h19,21-22,24,27H,6-18,20,23H2,1-5H3,(H,38,40)(H2,36,37,43). The highest BCUT2D eigenvalue weighted by atomic mass is 35.5. The van der Waals surface area contributed by atoms with E-state index in [1.165, 1.54) is 68.8 Å². The van der Waals surface area contributed by atoms with Crippen LogP contribution in [0.5, 0.6) is 0 Å². The Morgan fingerprint density at radius 1 is 0.932 bits per heavy atom. The quantitative estimate of drug-likeness (QED) is 0.0904. The SMILES string of the molecule is CCCCCCCCCCCCCCOC(=O)C(CCC)NC(=O)Nc1cccc(-c2nn3nc(C(C)(C)C)c(Cl)c3[nH]2)c1. The summed E-state index contributed by atoms with van der Waals surface area (Å²) in [7, 11) is 0. The number of aromatic amines is 1. The van der Waals surface area contributed by atoms with Crippen molar-refractivity contribution in [1.82, 2.24) is 25.1 Å². The van der Waals surface area contributed by atoms with E-state index in [9.17, 15) is 9.59 Å². The summed E-state index contributed by atoms with van der Waals surface area (Å²) < 4.78 is 7.03. The largest absolute Gasteiger partial charge is 0.464 e. The minimum atomic E-state index is -0.697. The van der Waals surface area contributed by atoms with Crippen molar-refractivity contribution in [1.29, 1.82) is 0 Å². The Balaban J connectivity index is 1.41. The highest BCUT2D eigenvalue weighted by Gasteiger charge is 2.25. The van der Waals surface area contributed by atoms with Gasteiger partial charge < -0.3 is 20.4 Å². The summed E-state index contributed by atoms with van der Waals surface area (Å²) in [5.74, 6) is 0.188. The number of aromatic nitrogens is 4. The molecule has 2 aromatic heterocycles. The fourth-order valence-corrected chi connectivity index (χ4v) is 5.67. The normalized spacial score (nSPS) is 12.4. The lowest BCUT2D eigenvalue weighted by Crippen LogP contribution is -2.43. The van der Waals surface area contributed by atoms with E-state index in [0.717, 1.165) is 30.5 Å². The summed E-state index contributed by atoms with van der Waals surface area (Å²) in [4.78, 5) is 28.8. The Labute approximate surface area is 268 Å². The molecule has 2 heterocycles. The molecule has 0 fully saturated rings. The van der Waals surface area contributed by atoms with Gasteiger partial charge in [-0.2, -0.15) is 5.10 Å². The maximum atomic E-state index is 12.8. The van der Waals surface area contributed by atoms with Crippen molar-refractivity contribution in [3.8, 4) is 11.4 Å². The molecule has 2 amide bonds. The third-order valence-electron chi connectivity index (χ3n) is 7.76. The predicted molar refractivity (Wildman–Crippen MR) is 179 cm³/mol. The monoisotopic (exact) mass is 628 g/mol. The number of nitrogens with zero attached hydrogens (tertiary/aromatic N) is 3. The van der Waals surface area contributed by atoms with Gasteiger partial charge in [-0.3, -0.25) is 0 Å². The van der Waals surface area contributed by atoms with Crippen molar-refractivity contribution in [2.24, 2.45) is 0 Å². The number of nitrogens with one attached hydrogen (secondary N) is 3. The van der Waals surface area contributed by atoms with E-state index < -0.39 is 12.1 Å². The van der Waals surface area contributed by atoms with Crippen molar-refractivity contribution in [2.45, 2.75) is 136 Å². The first-order valence-corrected chi connectivity index (χ1v) is 17.0. The number of carbonyl (C=O) groups excluding carboxylic acids is 2. The number of halogens is 1. The molecule has 0 aliphatic heterocycles. The molecule has 1 aromatic carbocycles. The van der Waals surface area contributed by atoms with Gasteiger partial charge in [0.2, 0.25) is 0 Å². The van der Waals surface area contributed by atoms with Gasteiger partial charge in [-0.05, 0) is 25.0 Å². The second kappa shape index (κ2) is 18.0. The van der Waals surface area contributed by atoms with Crippen LogP contribution in [0.25, 0.3) is 17.0 Å². The summed E-state index contributed by atoms with van der Waals surface area (Å²) in [5, 5.41) is 15.3. The number of urea groups is 1. The van der Waals surface area contributed by atoms with Gasteiger partial charge >= 0.3 is 12.0 Å². The van der Waals surface area contributed by atoms with Crippen LogP contribution in [0.2, 0.25) is 5.02 Å². The molecular weight excluding hydrogens is 576 g/mol. The number of benzene rings is 1. The number of amides is 2. The third kappa shape index (κ3) is 11.1. The Bertz CT molecular complexity index is 1310. The molecule has 44 heavy (non-hydrogen) atoms. The number of unbranched alkanes of at least 4 members (excludes halogenated alkanes) is 11. The Hall–Kier alpha value is -3.07. The van der Waals surface area contributed by atoms with E-state index in [1.54, 1.807) is 12.1 Å². The van der Waals surface area contributed by atoms with Crippen molar-refractivity contribution in [3.63, 3.8) is 0 Å². The second-order valence-electron chi connectivity index (χ2n) is 12.8. The van der Waals surface area contributed by atoms with Gasteiger partial charge in [-0.1, -0.05) is 135 Å². The topological polar surface area (TPSA) is 113 Å². The summed E-state index contributed by atoms with van der Waals surface area (Å²) in [5.41, 5.74) is 2.50. The number of ether oxygens (including phenoxy) is 1. The highest BCUT2D eigenvalue weighted by molar-refractivity contribution is 6.34. The zero-order chi connectivity index (χ0) is 32.0. The van der Waals surface area contributed by atoms with Gasteiger partial charge in [0.05, 0.1) is 12.3 Å². The van der Waals surface area contributed by atoms with Gasteiger partial charge in [0.1, 0.15) is 11.1 Å². The van der Waals surface area contributed by atoms with E-state index in [2.05, 4.69) is 32.7 Å². The fraction of sp³-hybridized carbons (Fsp3) is 0.647. The van der Waals surface area contributed by atoms with Crippen LogP contribution in [0.3, 0.4) is 0 Å². The smallest absolute Gasteiger partial charge is 0.328 e. The Morgan fingerprint density at radius 2 is 1.57 bits per heavy atom. The lowest BCUT2D eigenvalue weighted by molar-refractivity contribution is -0.146. The molecule has 10 heteroatoms. The molecular formula is C34H53ClN6O3. The van der Waals surface area contributed by atoms with Gasteiger partial charge in [0.15, 0.2) is 11.5 Å². The van der Waals surface area contributed by atoms with Gasteiger partial charge in [-0.15, -0.1) is 9.73 Å². The molecule has 1 atom stereocenters. The summed E-state index contributed by atoms with van der Waals surface area (Å²) in [6.07, 6.45) is 16.3. The molecule has 0 bridgehead atoms. The van der Waals surface area contributed by atoms with Crippen LogP contribution in [0.1, 0.15) is 130 Å². The van der Waals surface area contributed by atoms with Crippen LogP contribution >= 0.6 is 11.6 Å². The maximum Gasteiger partial charge on any atom is 0.328 e. The maximum absolute atomic E-state index is 12.8. The third-order valence-corrected chi connectivity index (χ3v) is 8.11. The number of hydrogen-bond donors (Lipinski definition) is 3. The lowest BCUT2D eigenvalue weighted by Gasteiger charge is -2.17. The Morgan fingerprint density at radius 3 is 2.16 bits per heavy atom. The average Bonchev–Trinajstić information content (AvgIpc) is 3.54. The van der Waals surface area contributed by atoms with Crippen molar-refractivity contribution in [2.75, 3.05) is 11.9 Å². The molecule has 0 saturated heterocycles. The molecule has 0 aliphatic carbocycles.